The van der Waals surface area contributed by atoms with Crippen molar-refractivity contribution in [2.45, 2.75) is 13.5 Å². The number of nitrogens with zero attached hydrogens (tertiary/aromatic N) is 4. The van der Waals surface area contributed by atoms with Gasteiger partial charge in [0.05, 0.1) is 0 Å². The van der Waals surface area contributed by atoms with Crippen LogP contribution in [-0.2, 0) is 13.6 Å². The summed E-state index contributed by atoms with van der Waals surface area (Å²) in [5.74, 6) is 0.698. The average molecular weight is 396 g/mol. The molecule has 0 aliphatic rings. The molecule has 4 rings (SSSR count). The molecule has 4 aromatic rings. The molecule has 5 nitrogen and oxygen atoms in total. The van der Waals surface area contributed by atoms with Crippen molar-refractivity contribution in [2.75, 3.05) is 6.54 Å². The molecule has 2 aromatic carbocycles. The van der Waals surface area contributed by atoms with Gasteiger partial charge in [-0.3, -0.25) is 4.79 Å². The third-order valence-corrected chi connectivity index (χ3v) is 5.13. The third kappa shape index (κ3) is 4.15. The molecular weight excluding hydrogens is 372 g/mol. The molecule has 0 bridgehead atoms. The number of amides is 1. The van der Waals surface area contributed by atoms with Crippen LogP contribution in [0.4, 0.5) is 0 Å². The minimum absolute atomic E-state index is 0.0110. The highest BCUT2D eigenvalue weighted by Gasteiger charge is 2.19. The van der Waals surface area contributed by atoms with Gasteiger partial charge in [0.15, 0.2) is 5.82 Å². The molecule has 0 aliphatic heterocycles. The highest BCUT2D eigenvalue weighted by atomic mass is 16.2. The van der Waals surface area contributed by atoms with E-state index in [1.807, 2.05) is 96.4 Å². The molecule has 0 N–H and O–H groups in total. The Hall–Kier alpha value is -3.73. The minimum atomic E-state index is 0.0110. The Bertz CT molecular complexity index is 1120. The van der Waals surface area contributed by atoms with E-state index in [1.165, 1.54) is 0 Å². The Balaban J connectivity index is 1.56. The van der Waals surface area contributed by atoms with E-state index in [1.54, 1.807) is 12.4 Å². The second-order valence-electron chi connectivity index (χ2n) is 7.19. The second kappa shape index (κ2) is 8.74. The molecule has 1 amide bonds. The molecule has 2 heterocycles. The van der Waals surface area contributed by atoms with Gasteiger partial charge in [0.25, 0.3) is 5.91 Å². The Morgan fingerprint density at radius 2 is 1.53 bits per heavy atom. The molecule has 2 aromatic heterocycles. The SMILES string of the molecule is CCN(Cc1ccccc1)C(=O)c1cc(-c2cnc(-c3ccccc3)nc2)cn1C. The quantitative estimate of drug-likeness (QED) is 0.470. The lowest BCUT2D eigenvalue weighted by atomic mass is 10.1. The van der Waals surface area contributed by atoms with Crippen LogP contribution in [0.2, 0.25) is 0 Å². The van der Waals surface area contributed by atoms with Crippen LogP contribution in [0.1, 0.15) is 23.0 Å². The van der Waals surface area contributed by atoms with Crippen molar-refractivity contribution in [2.24, 2.45) is 7.05 Å². The van der Waals surface area contributed by atoms with Crippen LogP contribution in [-0.4, -0.2) is 31.9 Å². The molecule has 150 valence electrons. The normalized spacial score (nSPS) is 10.7. The van der Waals surface area contributed by atoms with E-state index in [2.05, 4.69) is 9.97 Å². The van der Waals surface area contributed by atoms with Crippen LogP contribution in [0, 0.1) is 0 Å². The summed E-state index contributed by atoms with van der Waals surface area (Å²) in [5.41, 5.74) is 4.56. The van der Waals surface area contributed by atoms with E-state index in [-0.39, 0.29) is 5.91 Å². The summed E-state index contributed by atoms with van der Waals surface area (Å²) in [6, 6.07) is 21.8. The Labute approximate surface area is 176 Å². The first-order chi connectivity index (χ1) is 14.7. The molecule has 0 radical (unpaired) electrons. The largest absolute Gasteiger partial charge is 0.346 e. The van der Waals surface area contributed by atoms with E-state index >= 15 is 0 Å². The zero-order chi connectivity index (χ0) is 20.9. The van der Waals surface area contributed by atoms with Crippen LogP contribution in [0.15, 0.2) is 85.3 Å². The molecule has 0 unspecified atom stereocenters. The number of carbonyl (C=O) groups excluding carboxylic acids is 1. The van der Waals surface area contributed by atoms with Crippen molar-refractivity contribution >= 4 is 5.91 Å². The number of benzene rings is 2. The van der Waals surface area contributed by atoms with Crippen molar-refractivity contribution in [1.82, 2.24) is 19.4 Å². The number of hydrogen-bond donors (Lipinski definition) is 0. The lowest BCUT2D eigenvalue weighted by Gasteiger charge is -2.21. The van der Waals surface area contributed by atoms with Crippen LogP contribution in [0.3, 0.4) is 0 Å². The fourth-order valence-corrected chi connectivity index (χ4v) is 3.44. The summed E-state index contributed by atoms with van der Waals surface area (Å²) in [6.07, 6.45) is 5.56. The monoisotopic (exact) mass is 396 g/mol. The standard InChI is InChI=1S/C25H24N4O/c1-3-29(17-19-10-6-4-7-11-19)25(30)23-14-21(18-28(23)2)22-15-26-24(27-16-22)20-12-8-5-9-13-20/h4-16,18H,3,17H2,1-2H3. The van der Waals surface area contributed by atoms with Crippen molar-refractivity contribution in [3.8, 4) is 22.5 Å². The lowest BCUT2D eigenvalue weighted by Crippen LogP contribution is -2.31. The zero-order valence-electron chi connectivity index (χ0n) is 17.2. The topological polar surface area (TPSA) is 51.0 Å². The van der Waals surface area contributed by atoms with Gasteiger partial charge in [-0.05, 0) is 18.6 Å². The van der Waals surface area contributed by atoms with Crippen molar-refractivity contribution < 1.29 is 4.79 Å². The Morgan fingerprint density at radius 1 is 0.900 bits per heavy atom. The summed E-state index contributed by atoms with van der Waals surface area (Å²) < 4.78 is 1.87. The molecule has 0 atom stereocenters. The highest BCUT2D eigenvalue weighted by Crippen LogP contribution is 2.23. The van der Waals surface area contributed by atoms with Crippen molar-refractivity contribution in [3.05, 3.63) is 96.6 Å². The third-order valence-electron chi connectivity index (χ3n) is 5.13. The molecule has 0 saturated heterocycles. The molecule has 0 aliphatic carbocycles. The number of carbonyl (C=O) groups is 1. The number of aromatic nitrogens is 3. The summed E-state index contributed by atoms with van der Waals surface area (Å²) >= 11 is 0. The van der Waals surface area contributed by atoms with Gasteiger partial charge in [-0.1, -0.05) is 60.7 Å². The van der Waals surface area contributed by atoms with E-state index in [0.717, 1.165) is 22.3 Å². The van der Waals surface area contributed by atoms with Gasteiger partial charge < -0.3 is 9.47 Å². The van der Waals surface area contributed by atoms with Gasteiger partial charge in [-0.2, -0.15) is 0 Å². The van der Waals surface area contributed by atoms with Gasteiger partial charge in [0.2, 0.25) is 0 Å². The fourth-order valence-electron chi connectivity index (χ4n) is 3.44. The van der Waals surface area contributed by atoms with Crippen molar-refractivity contribution in [3.63, 3.8) is 0 Å². The maximum atomic E-state index is 13.2. The maximum Gasteiger partial charge on any atom is 0.270 e. The van der Waals surface area contributed by atoms with Gasteiger partial charge in [-0.15, -0.1) is 0 Å². The summed E-state index contributed by atoms with van der Waals surface area (Å²) in [7, 11) is 1.90. The van der Waals surface area contributed by atoms with Crippen molar-refractivity contribution in [1.29, 1.82) is 0 Å². The molecule has 5 heteroatoms. The maximum absolute atomic E-state index is 13.2. The zero-order valence-corrected chi connectivity index (χ0v) is 17.2. The smallest absolute Gasteiger partial charge is 0.270 e. The molecular formula is C25H24N4O. The minimum Gasteiger partial charge on any atom is -0.346 e. The first-order valence-corrected chi connectivity index (χ1v) is 10.0. The van der Waals surface area contributed by atoms with Crippen LogP contribution in [0.25, 0.3) is 22.5 Å². The summed E-state index contributed by atoms with van der Waals surface area (Å²) in [4.78, 5) is 24.0. The fraction of sp³-hybridized carbons (Fsp3) is 0.160. The summed E-state index contributed by atoms with van der Waals surface area (Å²) in [6.45, 7) is 3.23. The van der Waals surface area contributed by atoms with Crippen LogP contribution >= 0.6 is 0 Å². The number of hydrogen-bond acceptors (Lipinski definition) is 3. The van der Waals surface area contributed by atoms with E-state index in [0.29, 0.717) is 24.6 Å². The summed E-state index contributed by atoms with van der Waals surface area (Å²) in [5, 5.41) is 0. The Kier molecular flexibility index (Phi) is 5.70. The van der Waals surface area contributed by atoms with Gasteiger partial charge >= 0.3 is 0 Å². The predicted molar refractivity (Wildman–Crippen MR) is 119 cm³/mol. The van der Waals surface area contributed by atoms with E-state index < -0.39 is 0 Å². The molecule has 0 spiro atoms. The van der Waals surface area contributed by atoms with Crippen LogP contribution in [0.5, 0.6) is 0 Å². The Morgan fingerprint density at radius 3 is 2.17 bits per heavy atom. The second-order valence-corrected chi connectivity index (χ2v) is 7.19. The number of aryl methyl sites for hydroxylation is 1. The van der Waals surface area contributed by atoms with E-state index in [9.17, 15) is 4.79 Å². The molecule has 0 saturated carbocycles. The van der Waals surface area contributed by atoms with Gasteiger partial charge in [-0.25, -0.2) is 9.97 Å². The van der Waals surface area contributed by atoms with Crippen LogP contribution < -0.4 is 0 Å². The average Bonchev–Trinajstić information content (AvgIpc) is 3.20. The highest BCUT2D eigenvalue weighted by molar-refractivity contribution is 5.94. The molecule has 0 fully saturated rings. The lowest BCUT2D eigenvalue weighted by molar-refractivity contribution is 0.0743. The first kappa shape index (κ1) is 19.6. The van der Waals surface area contributed by atoms with E-state index in [4.69, 9.17) is 0 Å². The molecule has 30 heavy (non-hydrogen) atoms. The predicted octanol–water partition coefficient (Wildman–Crippen LogP) is 4.81. The first-order valence-electron chi connectivity index (χ1n) is 10.0. The van der Waals surface area contributed by atoms with Gasteiger partial charge in [0.1, 0.15) is 5.69 Å². The van der Waals surface area contributed by atoms with Gasteiger partial charge in [0, 0.05) is 55.4 Å². The number of rotatable bonds is 6.